The van der Waals surface area contributed by atoms with E-state index in [0.717, 1.165) is 0 Å². The maximum absolute atomic E-state index is 11.1. The van der Waals surface area contributed by atoms with Crippen LogP contribution in [0.5, 0.6) is 5.75 Å². The third-order valence-electron chi connectivity index (χ3n) is 2.25. The zero-order valence-corrected chi connectivity index (χ0v) is 9.66. The second kappa shape index (κ2) is 5.19. The normalized spacial score (nSPS) is 9.95. The molecule has 0 aliphatic carbocycles. The number of amides is 1. The molecular formula is C11H11N5O3. The van der Waals surface area contributed by atoms with Crippen LogP contribution in [-0.2, 0) is 0 Å². The first-order valence-electron chi connectivity index (χ1n) is 5.25. The van der Waals surface area contributed by atoms with Crippen LogP contribution < -0.4 is 16.5 Å². The Hall–Kier alpha value is -2.87. The van der Waals surface area contributed by atoms with Crippen molar-refractivity contribution in [1.82, 2.24) is 9.97 Å². The number of aromatic nitrogens is 2. The van der Waals surface area contributed by atoms with Crippen molar-refractivity contribution in [3.05, 3.63) is 36.0 Å². The summed E-state index contributed by atoms with van der Waals surface area (Å²) >= 11 is 0. The highest BCUT2D eigenvalue weighted by atomic mass is 16.5. The first-order valence-corrected chi connectivity index (χ1v) is 5.25. The summed E-state index contributed by atoms with van der Waals surface area (Å²) in [6, 6.07) is 8.93. The maximum atomic E-state index is 11.1. The lowest BCUT2D eigenvalue weighted by atomic mass is 10.3. The molecular weight excluding hydrogens is 250 g/mol. The molecule has 0 fully saturated rings. The van der Waals surface area contributed by atoms with Gasteiger partial charge in [-0.15, -0.1) is 0 Å². The molecule has 2 rings (SSSR count). The van der Waals surface area contributed by atoms with Crippen molar-refractivity contribution in [3.8, 4) is 5.75 Å². The zero-order valence-electron chi connectivity index (χ0n) is 9.66. The van der Waals surface area contributed by atoms with E-state index in [0.29, 0.717) is 5.69 Å². The number of nitrogens with two attached hydrogens (primary N) is 1. The van der Waals surface area contributed by atoms with Crippen LogP contribution in [-0.4, -0.2) is 26.2 Å². The van der Waals surface area contributed by atoms with E-state index in [9.17, 15) is 9.90 Å². The third-order valence-corrected chi connectivity index (χ3v) is 2.25. The van der Waals surface area contributed by atoms with Gasteiger partial charge in [-0.1, -0.05) is 18.2 Å². The molecule has 8 nitrogen and oxygen atoms in total. The smallest absolute Gasteiger partial charge is 0.271 e. The van der Waals surface area contributed by atoms with Crippen LogP contribution in [0.15, 0.2) is 30.3 Å². The largest absolute Gasteiger partial charge is 0.503 e. The number of benzene rings is 1. The Morgan fingerprint density at radius 2 is 1.89 bits per heavy atom. The molecule has 1 heterocycles. The molecule has 19 heavy (non-hydrogen) atoms. The van der Waals surface area contributed by atoms with Gasteiger partial charge in [0.05, 0.1) is 0 Å². The highest BCUT2D eigenvalue weighted by Crippen LogP contribution is 2.26. The minimum atomic E-state index is -0.937. The Morgan fingerprint density at radius 3 is 2.47 bits per heavy atom. The van der Waals surface area contributed by atoms with Gasteiger partial charge >= 0.3 is 0 Å². The van der Waals surface area contributed by atoms with Gasteiger partial charge in [0.2, 0.25) is 5.95 Å². The summed E-state index contributed by atoms with van der Waals surface area (Å²) < 4.78 is 0. The predicted molar refractivity (Wildman–Crippen MR) is 67.3 cm³/mol. The number of anilines is 3. The SMILES string of the molecule is NC(=O)c1nc(Nc2ccccc2)nc(NO)c1O. The summed E-state index contributed by atoms with van der Waals surface area (Å²) in [6.45, 7) is 0. The number of rotatable bonds is 4. The average Bonchev–Trinajstić information content (AvgIpc) is 2.41. The zero-order chi connectivity index (χ0) is 13.8. The van der Waals surface area contributed by atoms with Crippen LogP contribution >= 0.6 is 0 Å². The number of carbonyl (C=O) groups excluding carboxylic acids is 1. The van der Waals surface area contributed by atoms with Crippen LogP contribution in [0.4, 0.5) is 17.5 Å². The quantitative estimate of drug-likeness (QED) is 0.514. The van der Waals surface area contributed by atoms with Gasteiger partial charge in [0, 0.05) is 5.69 Å². The lowest BCUT2D eigenvalue weighted by Crippen LogP contribution is -2.16. The van der Waals surface area contributed by atoms with E-state index in [4.69, 9.17) is 10.9 Å². The molecule has 0 bridgehead atoms. The van der Waals surface area contributed by atoms with Gasteiger partial charge in [-0.3, -0.25) is 10.0 Å². The Morgan fingerprint density at radius 1 is 1.21 bits per heavy atom. The fourth-order valence-electron chi connectivity index (χ4n) is 1.41. The topological polar surface area (TPSA) is 133 Å². The molecule has 0 aliphatic rings. The third kappa shape index (κ3) is 2.69. The van der Waals surface area contributed by atoms with Crippen LogP contribution in [0.25, 0.3) is 0 Å². The Bertz CT molecular complexity index is 603. The lowest BCUT2D eigenvalue weighted by Gasteiger charge is -2.09. The molecule has 0 aliphatic heterocycles. The van der Waals surface area contributed by atoms with E-state index < -0.39 is 17.4 Å². The van der Waals surface area contributed by atoms with Gasteiger partial charge in [0.25, 0.3) is 5.91 Å². The van der Waals surface area contributed by atoms with E-state index >= 15 is 0 Å². The summed E-state index contributed by atoms with van der Waals surface area (Å²) in [5.74, 6) is -1.86. The summed E-state index contributed by atoms with van der Waals surface area (Å²) in [4.78, 5) is 18.7. The van der Waals surface area contributed by atoms with Crippen molar-refractivity contribution in [3.63, 3.8) is 0 Å². The number of primary amides is 1. The minimum absolute atomic E-state index is 0.00866. The van der Waals surface area contributed by atoms with Crippen molar-refractivity contribution >= 4 is 23.4 Å². The fraction of sp³-hybridized carbons (Fsp3) is 0. The van der Waals surface area contributed by atoms with Gasteiger partial charge in [-0.25, -0.2) is 10.5 Å². The second-order valence-corrected chi connectivity index (χ2v) is 3.56. The molecule has 6 N–H and O–H groups in total. The number of nitrogens with zero attached hydrogens (tertiary/aromatic N) is 2. The molecule has 1 aromatic carbocycles. The van der Waals surface area contributed by atoms with Gasteiger partial charge in [-0.05, 0) is 12.1 Å². The molecule has 2 aromatic rings. The average molecular weight is 261 g/mol. The molecule has 0 spiro atoms. The Kier molecular flexibility index (Phi) is 3.44. The fourth-order valence-corrected chi connectivity index (χ4v) is 1.41. The van der Waals surface area contributed by atoms with E-state index in [1.54, 1.807) is 29.7 Å². The molecule has 0 saturated heterocycles. The van der Waals surface area contributed by atoms with Crippen molar-refractivity contribution in [1.29, 1.82) is 0 Å². The highest BCUT2D eigenvalue weighted by molar-refractivity contribution is 5.95. The van der Waals surface area contributed by atoms with Crippen LogP contribution in [0.3, 0.4) is 0 Å². The molecule has 0 unspecified atom stereocenters. The number of hydrogen-bond donors (Lipinski definition) is 5. The van der Waals surface area contributed by atoms with E-state index in [1.165, 1.54) is 0 Å². The van der Waals surface area contributed by atoms with Crippen LogP contribution in [0, 0.1) is 0 Å². The number of aromatic hydroxyl groups is 1. The van der Waals surface area contributed by atoms with Crippen molar-refractivity contribution < 1.29 is 15.1 Å². The number of hydrogen-bond acceptors (Lipinski definition) is 7. The molecule has 0 radical (unpaired) electrons. The van der Waals surface area contributed by atoms with Gasteiger partial charge in [0.1, 0.15) is 0 Å². The molecule has 1 amide bonds. The number of nitrogens with one attached hydrogen (secondary N) is 2. The monoisotopic (exact) mass is 261 g/mol. The Labute approximate surface area is 107 Å². The van der Waals surface area contributed by atoms with Crippen LogP contribution in [0.2, 0.25) is 0 Å². The van der Waals surface area contributed by atoms with Gasteiger partial charge in [0.15, 0.2) is 17.3 Å². The maximum Gasteiger partial charge on any atom is 0.271 e. The molecule has 0 saturated carbocycles. The van der Waals surface area contributed by atoms with E-state index in [1.807, 2.05) is 6.07 Å². The molecule has 1 aromatic heterocycles. The summed E-state index contributed by atoms with van der Waals surface area (Å²) in [5.41, 5.74) is 7.02. The van der Waals surface area contributed by atoms with Gasteiger partial charge in [-0.2, -0.15) is 4.98 Å². The van der Waals surface area contributed by atoms with E-state index in [-0.39, 0.29) is 11.8 Å². The highest BCUT2D eigenvalue weighted by Gasteiger charge is 2.17. The first-order chi connectivity index (χ1) is 9.11. The minimum Gasteiger partial charge on any atom is -0.503 e. The second-order valence-electron chi connectivity index (χ2n) is 3.56. The van der Waals surface area contributed by atoms with Gasteiger partial charge < -0.3 is 16.2 Å². The predicted octanol–water partition coefficient (Wildman–Crippen LogP) is 0.826. The first kappa shape index (κ1) is 12.6. The van der Waals surface area contributed by atoms with E-state index in [2.05, 4.69) is 15.3 Å². The molecule has 98 valence electrons. The summed E-state index contributed by atoms with van der Waals surface area (Å²) in [5, 5.41) is 21.2. The molecule has 0 atom stereocenters. The number of carbonyl (C=O) groups is 1. The van der Waals surface area contributed by atoms with Crippen molar-refractivity contribution in [2.24, 2.45) is 5.73 Å². The molecule has 8 heteroatoms. The Balaban J connectivity index is 2.41. The lowest BCUT2D eigenvalue weighted by molar-refractivity contribution is 0.0992. The van der Waals surface area contributed by atoms with Crippen LogP contribution in [0.1, 0.15) is 10.5 Å². The van der Waals surface area contributed by atoms with Crippen molar-refractivity contribution in [2.45, 2.75) is 0 Å². The standard InChI is InChI=1S/C11H11N5O3/c12-9(18)7-8(17)10(16-19)15-11(14-7)13-6-4-2-1-3-5-6/h1-5,17,19H,(H2,12,18)(H2,13,14,15,16). The summed E-state index contributed by atoms with van der Waals surface area (Å²) in [7, 11) is 0. The van der Waals surface area contributed by atoms with Crippen molar-refractivity contribution in [2.75, 3.05) is 10.8 Å². The number of para-hydroxylation sites is 1. The summed E-state index contributed by atoms with van der Waals surface area (Å²) in [6.07, 6.45) is 0.